The number of aromatic nitrogens is 12. The van der Waals surface area contributed by atoms with E-state index in [1.54, 1.807) is 239 Å². The normalized spacial score (nSPS) is 12.5. The summed E-state index contributed by atoms with van der Waals surface area (Å²) < 4.78 is 98.8. The van der Waals surface area contributed by atoms with E-state index in [0.29, 0.717) is 129 Å². The van der Waals surface area contributed by atoms with Crippen LogP contribution < -0.4 is 27.0 Å². The predicted molar refractivity (Wildman–Crippen MR) is 507 cm³/mol. The number of hydrogen-bond donors (Lipinski definition) is 11. The number of H-pyrrole nitrogens is 4. The van der Waals surface area contributed by atoms with Crippen LogP contribution in [-0.2, 0) is 39.3 Å². The SMILES string of the molecule is CC(C)S(=O)(=O)c1ccc(-c2cnc3[nH]cc(C(=O)NC[C@@H](O)c4ccccc4)c3n2)cc1.CC(C)S(=O)(=O)c1ccc(-c2cnc3[nH]cc(C(=O)N[C@H](C)c4ccccc4)c3n2)cc1.CC(C)S(=O)(=O)c1ccc(-c2cnc3[nH]cc(C(=O)Nc4cccc(C(N)=O)c4)c3n2)cc1.CC(O)c1cccc(NC(=O)c2c[nH]c3ncc(-c4ccc(S(=O)(=O)C(C)C)cc4)nc23)c1.[HH].[HH].[HH]. The molecule has 8 aromatic heterocycles. The van der Waals surface area contributed by atoms with Gasteiger partial charge in [0.2, 0.25) is 5.91 Å². The molecule has 0 bridgehead atoms. The molecule has 0 fully saturated rings. The lowest BCUT2D eigenvalue weighted by molar-refractivity contribution is 0.0915. The molecule has 36 heteroatoms. The lowest BCUT2D eigenvalue weighted by Crippen LogP contribution is -2.28. The standard InChI is InChI=1S/2C24H24N4O4S.C24H24N4O3S.C23H21N5O4S.3H2/c1-14(2)33(31,32)19-9-7-16(8-10-19)21-13-26-23-22(28-21)20(12-25-23)24(30)27-18-6-4-5-17(11-18)15(3)29;1-15(2)33(31,32)18-10-8-16(9-11-18)20-13-26-23-22(28-20)19(12-25-23)24(30)27-14-21(29)17-6-4-3-5-7-17;1-15(2)32(30,31)19-11-9-18(10-12-19)21-14-26-23-22(28-21)20(13-25-23)24(29)27-16(3)17-7-5-4-6-8-17;1-13(2)33(31,32)17-8-6-14(7-9-17)19-12-26-22-20(28-19)18(11-25-22)23(30)27-16-5-3-4-15(10-16)21(24)29;;;/h4-15,29H,1-3H3,(H,25,26)(H,27,30);3-13,15,21,29H,14H2,1-2H3,(H,25,26)(H,27,30);4-16H,1-3H3,(H,25,26)(H,27,29);3-13H,1-2H3,(H2,24,29)(H,25,26)(H,27,30);3*1H/t;21-;16-;;;;/m.11..../s1. The molecule has 3 atom stereocenters. The van der Waals surface area contributed by atoms with Gasteiger partial charge in [-0.25, -0.2) is 73.5 Å². The Morgan fingerprint density at radius 1 is 0.359 bits per heavy atom. The van der Waals surface area contributed by atoms with E-state index in [1.807, 2.05) is 55.5 Å². The molecular formula is C95H99N17O15S4. The number of fused-ring (bicyclic) bond motifs is 4. The monoisotopic (exact) mass is 1850 g/mol. The number of anilines is 2. The molecule has 12 N–H and O–H groups in total. The topological polar surface area (TPSA) is 503 Å². The largest absolute Gasteiger partial charge is 0.389 e. The lowest BCUT2D eigenvalue weighted by Gasteiger charge is -2.13. The van der Waals surface area contributed by atoms with Gasteiger partial charge in [-0.2, -0.15) is 0 Å². The molecule has 1 unspecified atom stereocenters. The van der Waals surface area contributed by atoms with Gasteiger partial charge in [-0.1, -0.05) is 127 Å². The number of carbonyl (C=O) groups excluding carboxylic acids is 5. The summed E-state index contributed by atoms with van der Waals surface area (Å²) in [6, 6.07) is 57.8. The number of aliphatic hydroxyl groups is 2. The molecular weight excluding hydrogens is 1750 g/mol. The highest BCUT2D eigenvalue weighted by atomic mass is 32.2. The fourth-order valence-corrected chi connectivity index (χ4v) is 17.6. The molecule has 16 rings (SSSR count). The number of benzene rings is 8. The van der Waals surface area contributed by atoms with Crippen molar-refractivity contribution in [1.29, 1.82) is 0 Å². The molecule has 0 aliphatic carbocycles. The van der Waals surface area contributed by atoms with E-state index in [0.717, 1.165) is 5.56 Å². The Labute approximate surface area is 759 Å². The van der Waals surface area contributed by atoms with E-state index in [1.165, 1.54) is 30.6 Å². The van der Waals surface area contributed by atoms with Crippen molar-refractivity contribution in [1.82, 2.24) is 70.4 Å². The minimum atomic E-state index is -3.38. The maximum Gasteiger partial charge on any atom is 0.259 e. The molecule has 0 aliphatic heterocycles. The molecule has 0 aliphatic rings. The Morgan fingerprint density at radius 2 is 0.656 bits per heavy atom. The van der Waals surface area contributed by atoms with Gasteiger partial charge in [-0.3, -0.25) is 24.0 Å². The highest BCUT2D eigenvalue weighted by molar-refractivity contribution is 7.93. The summed E-state index contributed by atoms with van der Waals surface area (Å²) in [7, 11) is -13.5. The zero-order chi connectivity index (χ0) is 94.0. The van der Waals surface area contributed by atoms with E-state index in [4.69, 9.17) is 5.73 Å². The van der Waals surface area contributed by atoms with Gasteiger partial charge >= 0.3 is 0 Å². The maximum atomic E-state index is 12.9. The minimum absolute atomic E-state index is 0. The summed E-state index contributed by atoms with van der Waals surface area (Å²) in [6.07, 6.45) is 11.0. The van der Waals surface area contributed by atoms with Crippen LogP contribution in [0.25, 0.3) is 89.7 Å². The summed E-state index contributed by atoms with van der Waals surface area (Å²) in [4.78, 5) is 111. The molecule has 16 aromatic rings. The van der Waals surface area contributed by atoms with Crippen molar-refractivity contribution in [3.63, 3.8) is 0 Å². The number of nitrogens with two attached hydrogens (primary N) is 1. The maximum absolute atomic E-state index is 12.9. The van der Waals surface area contributed by atoms with Crippen LogP contribution in [0.4, 0.5) is 11.4 Å². The fraction of sp³-hybridized carbons (Fsp3) is 0.189. The Bertz CT molecular complexity index is 7420. The second kappa shape index (κ2) is 39.9. The number of aromatic amines is 4. The quantitative estimate of drug-likeness (QED) is 0.0253. The van der Waals surface area contributed by atoms with Gasteiger partial charge in [0, 0.05) is 74.8 Å². The van der Waals surface area contributed by atoms with Crippen molar-refractivity contribution >= 4 is 125 Å². The predicted octanol–water partition coefficient (Wildman–Crippen LogP) is 15.6. The molecule has 8 aromatic carbocycles. The number of primary amides is 1. The highest BCUT2D eigenvalue weighted by Crippen LogP contribution is 2.32. The average molecular weight is 1850 g/mol. The lowest BCUT2D eigenvalue weighted by atomic mass is 10.1. The van der Waals surface area contributed by atoms with E-state index < -0.39 is 84.4 Å². The van der Waals surface area contributed by atoms with Gasteiger partial charge in [0.1, 0.15) is 22.1 Å². The van der Waals surface area contributed by atoms with E-state index >= 15 is 0 Å². The number of nitrogens with one attached hydrogen (secondary N) is 8. The molecule has 32 nitrogen and oxygen atoms in total. The van der Waals surface area contributed by atoms with Crippen LogP contribution in [0.3, 0.4) is 0 Å². The first-order chi connectivity index (χ1) is 62.4. The van der Waals surface area contributed by atoms with Gasteiger partial charge in [-0.15, -0.1) is 0 Å². The molecule has 0 spiro atoms. The third-order valence-corrected chi connectivity index (χ3v) is 29.9. The molecule has 5 amide bonds. The summed E-state index contributed by atoms with van der Waals surface area (Å²) in [6.45, 7) is 16.8. The van der Waals surface area contributed by atoms with E-state index in [2.05, 4.69) is 81.1 Å². The van der Waals surface area contributed by atoms with Crippen LogP contribution in [0.5, 0.6) is 0 Å². The number of aliphatic hydroxyl groups excluding tert-OH is 2. The average Bonchev–Trinajstić information content (AvgIpc) is 1.60. The van der Waals surface area contributed by atoms with Crippen molar-refractivity contribution in [2.45, 2.75) is 128 Å². The number of amides is 5. The first-order valence-electron chi connectivity index (χ1n) is 41.3. The highest BCUT2D eigenvalue weighted by Gasteiger charge is 2.27. The smallest absolute Gasteiger partial charge is 0.259 e. The Morgan fingerprint density at radius 3 is 0.977 bits per heavy atom. The van der Waals surface area contributed by atoms with Crippen molar-refractivity contribution in [2.75, 3.05) is 17.2 Å². The Kier molecular flexibility index (Phi) is 28.6. The minimum Gasteiger partial charge on any atom is -0.389 e. The van der Waals surface area contributed by atoms with Crippen LogP contribution in [0.15, 0.2) is 275 Å². The van der Waals surface area contributed by atoms with Crippen LogP contribution in [0.1, 0.15) is 160 Å². The fourth-order valence-electron chi connectivity index (χ4n) is 13.4. The molecule has 131 heavy (non-hydrogen) atoms. The van der Waals surface area contributed by atoms with Gasteiger partial charge in [0.05, 0.1) is 129 Å². The van der Waals surface area contributed by atoms with Gasteiger partial charge in [0.25, 0.3) is 23.6 Å². The molecule has 0 radical (unpaired) electrons. The molecule has 0 saturated carbocycles. The number of hydrogen-bond acceptors (Lipinski definition) is 23. The first kappa shape index (κ1) is 93.9. The van der Waals surface area contributed by atoms with Crippen molar-refractivity contribution in [2.24, 2.45) is 5.73 Å². The van der Waals surface area contributed by atoms with Gasteiger partial charge < -0.3 is 57.1 Å². The number of carbonyl (C=O) groups is 5. The van der Waals surface area contributed by atoms with Crippen LogP contribution in [-0.4, -0.2) is 161 Å². The van der Waals surface area contributed by atoms with Crippen LogP contribution in [0.2, 0.25) is 0 Å². The van der Waals surface area contributed by atoms with Gasteiger partial charge in [0.15, 0.2) is 61.9 Å². The Balaban J connectivity index is 0.000000184. The number of sulfone groups is 4. The van der Waals surface area contributed by atoms with Crippen LogP contribution >= 0.6 is 0 Å². The third-order valence-electron chi connectivity index (χ3n) is 21.2. The molecule has 678 valence electrons. The van der Waals surface area contributed by atoms with E-state index in [-0.39, 0.29) is 65.3 Å². The third kappa shape index (κ3) is 21.5. The number of nitrogens with zero attached hydrogens (tertiary/aromatic N) is 8. The van der Waals surface area contributed by atoms with Crippen molar-refractivity contribution < 1.29 is 72.1 Å². The number of rotatable bonds is 25. The van der Waals surface area contributed by atoms with Crippen LogP contribution in [0, 0.1) is 0 Å². The summed E-state index contributed by atoms with van der Waals surface area (Å²) in [5.74, 6) is -2.04. The van der Waals surface area contributed by atoms with E-state index in [9.17, 15) is 67.9 Å². The first-order valence-corrected chi connectivity index (χ1v) is 47.5. The second-order valence-corrected chi connectivity index (χ2v) is 41.5. The second-order valence-electron chi connectivity index (χ2n) is 31.5. The zero-order valence-corrected chi connectivity index (χ0v) is 75.8. The molecule has 8 heterocycles. The molecule has 0 saturated heterocycles. The summed E-state index contributed by atoms with van der Waals surface area (Å²) in [5.41, 5.74) is 18.5. The summed E-state index contributed by atoms with van der Waals surface area (Å²) in [5, 5.41) is 29.3. The summed E-state index contributed by atoms with van der Waals surface area (Å²) >= 11 is 0. The van der Waals surface area contributed by atoms with Crippen molar-refractivity contribution in [3.8, 4) is 45.0 Å². The van der Waals surface area contributed by atoms with Crippen molar-refractivity contribution in [3.05, 3.63) is 300 Å². The zero-order valence-electron chi connectivity index (χ0n) is 72.5. The Hall–Kier alpha value is -14.7. The van der Waals surface area contributed by atoms with Gasteiger partial charge in [-0.05, 0) is 165 Å².